The molecule has 5 heterocycles. The van der Waals surface area contributed by atoms with Crippen LogP contribution in [-0.2, 0) is 0 Å². The minimum Gasteiger partial charge on any atom is -0.341 e. The first-order valence-corrected chi connectivity index (χ1v) is 12.0. The second-order valence-electron chi connectivity index (χ2n) is 9.33. The summed E-state index contributed by atoms with van der Waals surface area (Å²) in [5.41, 5.74) is 3.36. The highest BCUT2D eigenvalue weighted by Crippen LogP contribution is 2.36. The lowest BCUT2D eigenvalue weighted by atomic mass is 10.1. The molecule has 4 atom stereocenters. The van der Waals surface area contributed by atoms with Crippen LogP contribution in [0.15, 0.2) is 36.7 Å². The van der Waals surface area contributed by atoms with Gasteiger partial charge in [-0.3, -0.25) is 0 Å². The molecule has 2 saturated heterocycles. The summed E-state index contributed by atoms with van der Waals surface area (Å²) in [4.78, 5) is 17.6. The minimum atomic E-state index is 0.340. The number of hydrogen-bond acceptors (Lipinski definition) is 5. The molecule has 7 heteroatoms. The van der Waals surface area contributed by atoms with Gasteiger partial charge in [0.15, 0.2) is 0 Å². The maximum atomic E-state index is 4.66. The molecule has 3 aromatic heterocycles. The van der Waals surface area contributed by atoms with Crippen molar-refractivity contribution in [3.05, 3.63) is 48.3 Å². The fourth-order valence-corrected chi connectivity index (χ4v) is 5.89. The molecule has 0 radical (unpaired) electrons. The number of aromatic nitrogens is 4. The Bertz CT molecular complexity index is 1160. The molecule has 4 N–H and O–H groups in total. The Morgan fingerprint density at radius 2 is 1.48 bits per heavy atom. The Kier molecular flexibility index (Phi) is 4.70. The van der Waals surface area contributed by atoms with Crippen LogP contribution >= 0.6 is 11.3 Å². The number of thiophene rings is 1. The van der Waals surface area contributed by atoms with Crippen molar-refractivity contribution >= 4 is 21.4 Å². The predicted molar refractivity (Wildman–Crippen MR) is 126 cm³/mol. The van der Waals surface area contributed by atoms with E-state index >= 15 is 0 Å². The molecular weight excluding hydrogens is 404 g/mol. The Morgan fingerprint density at radius 1 is 0.839 bits per heavy atom. The van der Waals surface area contributed by atoms with Gasteiger partial charge in [-0.15, -0.1) is 11.3 Å². The zero-order valence-electron chi connectivity index (χ0n) is 17.9. The second kappa shape index (κ2) is 7.58. The zero-order chi connectivity index (χ0) is 20.9. The third-order valence-electron chi connectivity index (χ3n) is 6.65. The quantitative estimate of drug-likeness (QED) is 0.365. The second-order valence-corrected chi connectivity index (χ2v) is 10.4. The Labute approximate surface area is 185 Å². The van der Waals surface area contributed by atoms with Crippen LogP contribution in [0.2, 0.25) is 0 Å². The van der Waals surface area contributed by atoms with E-state index in [0.717, 1.165) is 49.0 Å². The number of fused-ring (bicyclic) bond motifs is 1. The van der Waals surface area contributed by atoms with Gasteiger partial charge < -0.3 is 20.6 Å². The van der Waals surface area contributed by atoms with Crippen molar-refractivity contribution in [2.24, 2.45) is 11.8 Å². The van der Waals surface area contributed by atoms with Gasteiger partial charge in [0.05, 0.1) is 40.7 Å². The van der Waals surface area contributed by atoms with E-state index in [1.807, 2.05) is 23.7 Å². The molecule has 0 amide bonds. The van der Waals surface area contributed by atoms with Crippen molar-refractivity contribution in [1.29, 1.82) is 0 Å². The SMILES string of the molecule is C[C@@H]1CN[C@H](c2ncc(-c3ccc4sc(-c5cnc([C@@H]6C[C@H](C)CN6)[nH]5)cc4c3)[nH]2)C1. The van der Waals surface area contributed by atoms with Gasteiger partial charge in [-0.2, -0.15) is 0 Å². The molecule has 2 aliphatic rings. The summed E-state index contributed by atoms with van der Waals surface area (Å²) >= 11 is 1.81. The average molecular weight is 433 g/mol. The molecule has 1 aromatic carbocycles. The van der Waals surface area contributed by atoms with Gasteiger partial charge in [0.25, 0.3) is 0 Å². The molecule has 0 aliphatic carbocycles. The van der Waals surface area contributed by atoms with E-state index in [9.17, 15) is 0 Å². The van der Waals surface area contributed by atoms with Crippen LogP contribution in [0.25, 0.3) is 31.9 Å². The highest BCUT2D eigenvalue weighted by Gasteiger charge is 2.25. The van der Waals surface area contributed by atoms with Gasteiger partial charge in [-0.05, 0) is 61.4 Å². The smallest absolute Gasteiger partial charge is 0.123 e. The number of aromatic amines is 2. The fraction of sp³-hybridized carbons (Fsp3) is 0.417. The van der Waals surface area contributed by atoms with Gasteiger partial charge >= 0.3 is 0 Å². The summed E-state index contributed by atoms with van der Waals surface area (Å²) in [5.74, 6) is 3.51. The third kappa shape index (κ3) is 3.60. The summed E-state index contributed by atoms with van der Waals surface area (Å²) in [6.45, 7) is 6.70. The Balaban J connectivity index is 1.26. The molecule has 0 saturated carbocycles. The summed E-state index contributed by atoms with van der Waals surface area (Å²) in [5, 5.41) is 8.37. The third-order valence-corrected chi connectivity index (χ3v) is 7.79. The maximum absolute atomic E-state index is 4.66. The molecule has 2 fully saturated rings. The summed E-state index contributed by atoms with van der Waals surface area (Å²) in [6, 6.07) is 9.61. The van der Waals surface area contributed by atoms with E-state index in [1.54, 1.807) is 0 Å². The van der Waals surface area contributed by atoms with Gasteiger partial charge in [-0.1, -0.05) is 19.9 Å². The van der Waals surface area contributed by atoms with Crippen LogP contribution in [0.3, 0.4) is 0 Å². The van der Waals surface area contributed by atoms with E-state index in [4.69, 9.17) is 0 Å². The van der Waals surface area contributed by atoms with Crippen molar-refractivity contribution in [3.8, 4) is 21.8 Å². The average Bonchev–Trinajstić information content (AvgIpc) is 3.56. The maximum Gasteiger partial charge on any atom is 0.123 e. The summed E-state index contributed by atoms with van der Waals surface area (Å²) in [6.07, 6.45) is 6.22. The van der Waals surface area contributed by atoms with Gasteiger partial charge in [0, 0.05) is 10.3 Å². The number of nitrogens with zero attached hydrogens (tertiary/aromatic N) is 2. The van der Waals surface area contributed by atoms with E-state index in [1.165, 1.54) is 20.5 Å². The Hall–Kier alpha value is -2.48. The number of imidazole rings is 2. The van der Waals surface area contributed by atoms with Crippen LogP contribution in [0.4, 0.5) is 0 Å². The highest BCUT2D eigenvalue weighted by molar-refractivity contribution is 7.22. The molecule has 0 spiro atoms. The zero-order valence-corrected chi connectivity index (χ0v) is 18.7. The van der Waals surface area contributed by atoms with Crippen LogP contribution in [0.1, 0.15) is 50.4 Å². The molecule has 6 nitrogen and oxygen atoms in total. The first-order chi connectivity index (χ1) is 15.1. The first-order valence-electron chi connectivity index (χ1n) is 11.2. The molecule has 2 aliphatic heterocycles. The van der Waals surface area contributed by atoms with Crippen molar-refractivity contribution in [1.82, 2.24) is 30.6 Å². The van der Waals surface area contributed by atoms with Gasteiger partial charge in [0.2, 0.25) is 0 Å². The predicted octanol–water partition coefficient (Wildman–Crippen LogP) is 5.02. The number of benzene rings is 1. The first kappa shape index (κ1) is 19.2. The number of H-pyrrole nitrogens is 2. The molecule has 160 valence electrons. The van der Waals surface area contributed by atoms with Crippen molar-refractivity contribution in [3.63, 3.8) is 0 Å². The molecule has 31 heavy (non-hydrogen) atoms. The molecular formula is C24H28N6S. The minimum absolute atomic E-state index is 0.340. The lowest BCUT2D eigenvalue weighted by Gasteiger charge is -2.06. The Morgan fingerprint density at radius 3 is 2.13 bits per heavy atom. The van der Waals surface area contributed by atoms with Gasteiger partial charge in [0.1, 0.15) is 11.6 Å². The lowest BCUT2D eigenvalue weighted by molar-refractivity contribution is 0.588. The highest BCUT2D eigenvalue weighted by atomic mass is 32.1. The van der Waals surface area contributed by atoms with Crippen LogP contribution in [-0.4, -0.2) is 33.0 Å². The van der Waals surface area contributed by atoms with Crippen LogP contribution < -0.4 is 10.6 Å². The van der Waals surface area contributed by atoms with Crippen LogP contribution in [0, 0.1) is 11.8 Å². The van der Waals surface area contributed by atoms with E-state index in [2.05, 4.69) is 68.7 Å². The van der Waals surface area contributed by atoms with Crippen molar-refractivity contribution in [2.75, 3.05) is 13.1 Å². The van der Waals surface area contributed by atoms with Crippen molar-refractivity contribution < 1.29 is 0 Å². The molecule has 4 aromatic rings. The summed E-state index contributed by atoms with van der Waals surface area (Å²) < 4.78 is 1.29. The van der Waals surface area contributed by atoms with E-state index < -0.39 is 0 Å². The molecule has 6 rings (SSSR count). The fourth-order valence-electron chi connectivity index (χ4n) is 4.88. The van der Waals surface area contributed by atoms with Crippen molar-refractivity contribution in [2.45, 2.75) is 38.8 Å². The number of nitrogens with one attached hydrogen (secondary N) is 4. The lowest BCUT2D eigenvalue weighted by Crippen LogP contribution is -2.14. The number of rotatable bonds is 4. The van der Waals surface area contributed by atoms with Crippen LogP contribution in [0.5, 0.6) is 0 Å². The molecule has 0 unspecified atom stereocenters. The largest absolute Gasteiger partial charge is 0.341 e. The van der Waals surface area contributed by atoms with E-state index in [0.29, 0.717) is 23.9 Å². The standard InChI is InChI=1S/C24H28N6S/c1-13-5-17(25-9-13)23-27-11-19(29-23)15-3-4-21-16(7-15)8-22(31-21)20-12-28-24(30-20)18-6-14(2)10-26-18/h3-4,7-8,11-14,17-18,25-26H,5-6,9-10H2,1-2H3,(H,27,29)(H,28,30)/t13-,14-,17-,18-/m0/s1. The topological polar surface area (TPSA) is 81.4 Å². The summed E-state index contributed by atoms with van der Waals surface area (Å²) in [7, 11) is 0. The monoisotopic (exact) mass is 432 g/mol. The molecule has 0 bridgehead atoms. The van der Waals surface area contributed by atoms with E-state index in [-0.39, 0.29) is 0 Å². The number of hydrogen-bond donors (Lipinski definition) is 4. The van der Waals surface area contributed by atoms with Gasteiger partial charge in [-0.25, -0.2) is 9.97 Å². The normalized spacial score (nSPS) is 26.3.